The van der Waals surface area contributed by atoms with Crippen molar-refractivity contribution in [2.24, 2.45) is 17.8 Å². The van der Waals surface area contributed by atoms with Gasteiger partial charge in [-0.05, 0) is 103 Å². The highest BCUT2D eigenvalue weighted by atomic mass is 14.3. The third-order valence-electron chi connectivity index (χ3n) is 8.35. The molecule has 0 heterocycles. The smallest absolute Gasteiger partial charge is 0.0162 e. The summed E-state index contributed by atoms with van der Waals surface area (Å²) in [4.78, 5) is 0. The SMILES string of the molecule is CCC(C)CC1CC=C(c2ccc(-c3ccc([C@H]4CC[C@H](CC)CC4)cc3)cc2)CC1. The molecule has 2 aromatic rings. The first kappa shape index (κ1) is 22.4. The average molecular weight is 415 g/mol. The van der Waals surface area contributed by atoms with Gasteiger partial charge < -0.3 is 0 Å². The summed E-state index contributed by atoms with van der Waals surface area (Å²) in [5.41, 5.74) is 7.23. The van der Waals surface area contributed by atoms with Gasteiger partial charge in [0.05, 0.1) is 0 Å². The molecule has 0 amide bonds. The van der Waals surface area contributed by atoms with Gasteiger partial charge in [0.2, 0.25) is 0 Å². The number of rotatable bonds is 7. The number of hydrogen-bond donors (Lipinski definition) is 0. The van der Waals surface area contributed by atoms with Gasteiger partial charge in [0.1, 0.15) is 0 Å². The third kappa shape index (κ3) is 5.71. The Balaban J connectivity index is 1.36. The zero-order chi connectivity index (χ0) is 21.6. The Morgan fingerprint density at radius 3 is 1.90 bits per heavy atom. The highest BCUT2D eigenvalue weighted by Crippen LogP contribution is 2.38. The zero-order valence-corrected chi connectivity index (χ0v) is 20.1. The molecule has 166 valence electrons. The molecule has 2 atom stereocenters. The Morgan fingerprint density at radius 2 is 1.35 bits per heavy atom. The molecule has 0 bridgehead atoms. The zero-order valence-electron chi connectivity index (χ0n) is 20.1. The molecule has 2 aliphatic carbocycles. The van der Waals surface area contributed by atoms with Crippen LogP contribution in [0.1, 0.15) is 102 Å². The molecule has 2 aliphatic rings. The second kappa shape index (κ2) is 10.7. The normalized spacial score (nSPS) is 25.1. The summed E-state index contributed by atoms with van der Waals surface area (Å²) in [5, 5.41) is 0. The average Bonchev–Trinajstić information content (AvgIpc) is 2.85. The van der Waals surface area contributed by atoms with Crippen LogP contribution < -0.4 is 0 Å². The van der Waals surface area contributed by atoms with E-state index in [1.165, 1.54) is 80.9 Å². The van der Waals surface area contributed by atoms with Crippen LogP contribution in [0.25, 0.3) is 16.7 Å². The first-order valence-electron chi connectivity index (χ1n) is 13.1. The molecule has 0 radical (unpaired) electrons. The van der Waals surface area contributed by atoms with Crippen molar-refractivity contribution < 1.29 is 0 Å². The molecule has 0 saturated heterocycles. The largest absolute Gasteiger partial charge is 0.0804 e. The van der Waals surface area contributed by atoms with Crippen LogP contribution in [0.2, 0.25) is 0 Å². The molecule has 31 heavy (non-hydrogen) atoms. The van der Waals surface area contributed by atoms with E-state index < -0.39 is 0 Å². The standard InChI is InChI=1S/C31H42/c1-4-23(3)22-25-8-12-27(13-9-25)29-16-20-31(21-17-29)30-18-14-28(15-19-30)26-10-6-24(5-2)7-11-26/h12,14-21,23-26H,4-11,13,22H2,1-3H3/t23?,24-,25?,26-. The van der Waals surface area contributed by atoms with E-state index >= 15 is 0 Å². The number of allylic oxidation sites excluding steroid dienone is 2. The van der Waals surface area contributed by atoms with Gasteiger partial charge >= 0.3 is 0 Å². The van der Waals surface area contributed by atoms with E-state index in [0.717, 1.165) is 23.7 Å². The number of hydrogen-bond acceptors (Lipinski definition) is 0. The summed E-state index contributed by atoms with van der Waals surface area (Å²) in [6, 6.07) is 18.8. The van der Waals surface area contributed by atoms with E-state index in [4.69, 9.17) is 0 Å². The van der Waals surface area contributed by atoms with Crippen LogP contribution >= 0.6 is 0 Å². The maximum Gasteiger partial charge on any atom is -0.0162 e. The Hall–Kier alpha value is -1.82. The highest BCUT2D eigenvalue weighted by molar-refractivity contribution is 5.71. The van der Waals surface area contributed by atoms with Crippen molar-refractivity contribution in [1.82, 2.24) is 0 Å². The second-order valence-corrected chi connectivity index (χ2v) is 10.4. The Kier molecular flexibility index (Phi) is 7.70. The summed E-state index contributed by atoms with van der Waals surface area (Å²) < 4.78 is 0. The van der Waals surface area contributed by atoms with Crippen LogP contribution in [0.15, 0.2) is 54.6 Å². The van der Waals surface area contributed by atoms with E-state index in [9.17, 15) is 0 Å². The molecule has 0 aromatic heterocycles. The molecule has 1 saturated carbocycles. The van der Waals surface area contributed by atoms with Crippen LogP contribution in [0, 0.1) is 17.8 Å². The van der Waals surface area contributed by atoms with Gasteiger partial charge in [-0.2, -0.15) is 0 Å². The lowest BCUT2D eigenvalue weighted by molar-refractivity contribution is 0.319. The molecule has 0 spiro atoms. The van der Waals surface area contributed by atoms with E-state index in [1.54, 1.807) is 11.1 Å². The van der Waals surface area contributed by atoms with Crippen molar-refractivity contribution in [2.45, 2.75) is 90.9 Å². The van der Waals surface area contributed by atoms with Crippen LogP contribution in [0.4, 0.5) is 0 Å². The quantitative estimate of drug-likeness (QED) is 0.423. The number of benzene rings is 2. The summed E-state index contributed by atoms with van der Waals surface area (Å²) >= 11 is 0. The summed E-state index contributed by atoms with van der Waals surface area (Å²) in [5.74, 6) is 3.52. The van der Waals surface area contributed by atoms with E-state index in [-0.39, 0.29) is 0 Å². The first-order valence-corrected chi connectivity index (χ1v) is 13.1. The van der Waals surface area contributed by atoms with Gasteiger partial charge in [-0.1, -0.05) is 88.2 Å². The Morgan fingerprint density at radius 1 is 0.742 bits per heavy atom. The lowest BCUT2D eigenvalue weighted by atomic mass is 9.77. The molecule has 0 nitrogen and oxygen atoms in total. The molecule has 4 rings (SSSR count). The predicted molar refractivity (Wildman–Crippen MR) is 136 cm³/mol. The molecular weight excluding hydrogens is 372 g/mol. The molecule has 0 heteroatoms. The van der Waals surface area contributed by atoms with Gasteiger partial charge in [0, 0.05) is 0 Å². The third-order valence-corrected chi connectivity index (χ3v) is 8.35. The van der Waals surface area contributed by atoms with Gasteiger partial charge in [-0.25, -0.2) is 0 Å². The monoisotopic (exact) mass is 414 g/mol. The minimum atomic E-state index is 0.779. The van der Waals surface area contributed by atoms with Gasteiger partial charge in [-0.3, -0.25) is 0 Å². The Bertz CT molecular complexity index is 831. The van der Waals surface area contributed by atoms with E-state index in [1.807, 2.05) is 0 Å². The summed E-state index contributed by atoms with van der Waals surface area (Å²) in [7, 11) is 0. The topological polar surface area (TPSA) is 0 Å². The van der Waals surface area contributed by atoms with Crippen molar-refractivity contribution in [2.75, 3.05) is 0 Å². The summed E-state index contributed by atoms with van der Waals surface area (Å²) in [6.07, 6.45) is 16.0. The second-order valence-electron chi connectivity index (χ2n) is 10.4. The molecule has 1 fully saturated rings. The molecular formula is C31H42. The van der Waals surface area contributed by atoms with Crippen LogP contribution in [-0.2, 0) is 0 Å². The minimum Gasteiger partial charge on any atom is -0.0804 e. The van der Waals surface area contributed by atoms with Crippen LogP contribution in [-0.4, -0.2) is 0 Å². The molecule has 2 unspecified atom stereocenters. The van der Waals surface area contributed by atoms with Crippen molar-refractivity contribution in [3.63, 3.8) is 0 Å². The molecule has 2 aromatic carbocycles. The lowest BCUT2D eigenvalue weighted by Crippen LogP contribution is -2.12. The maximum absolute atomic E-state index is 2.52. The Labute approximate surface area is 191 Å². The first-order chi connectivity index (χ1) is 15.2. The van der Waals surface area contributed by atoms with Crippen molar-refractivity contribution >= 4 is 5.57 Å². The highest BCUT2D eigenvalue weighted by Gasteiger charge is 2.21. The minimum absolute atomic E-state index is 0.779. The summed E-state index contributed by atoms with van der Waals surface area (Å²) in [6.45, 7) is 7.07. The van der Waals surface area contributed by atoms with Crippen LogP contribution in [0.3, 0.4) is 0 Å². The molecule has 0 aliphatic heterocycles. The van der Waals surface area contributed by atoms with Crippen molar-refractivity contribution in [3.8, 4) is 11.1 Å². The van der Waals surface area contributed by atoms with Gasteiger partial charge in [0.25, 0.3) is 0 Å². The fourth-order valence-corrected chi connectivity index (χ4v) is 5.83. The molecule has 0 N–H and O–H groups in total. The van der Waals surface area contributed by atoms with Gasteiger partial charge in [-0.15, -0.1) is 0 Å². The van der Waals surface area contributed by atoms with Crippen molar-refractivity contribution in [1.29, 1.82) is 0 Å². The van der Waals surface area contributed by atoms with Gasteiger partial charge in [0.15, 0.2) is 0 Å². The fraction of sp³-hybridized carbons (Fsp3) is 0.548. The maximum atomic E-state index is 2.52. The van der Waals surface area contributed by atoms with Crippen molar-refractivity contribution in [3.05, 3.63) is 65.7 Å². The van der Waals surface area contributed by atoms with Crippen LogP contribution in [0.5, 0.6) is 0 Å². The fourth-order valence-electron chi connectivity index (χ4n) is 5.83. The van der Waals surface area contributed by atoms with E-state index in [0.29, 0.717) is 0 Å². The predicted octanol–water partition coefficient (Wildman–Crippen LogP) is 9.66. The lowest BCUT2D eigenvalue weighted by Gasteiger charge is -2.28. The van der Waals surface area contributed by atoms with E-state index in [2.05, 4.69) is 75.4 Å².